The third-order valence-corrected chi connectivity index (χ3v) is 5.73. The Morgan fingerprint density at radius 3 is 2.34 bits per heavy atom. The molecule has 2 unspecified atom stereocenters. The number of rotatable bonds is 9. The van der Waals surface area contributed by atoms with Gasteiger partial charge in [-0.05, 0) is 29.3 Å². The molecule has 0 fully saturated rings. The Labute approximate surface area is 191 Å². The molecule has 0 saturated heterocycles. The van der Waals surface area contributed by atoms with Crippen molar-refractivity contribution >= 4 is 12.4 Å². The molecule has 0 saturated carbocycles. The van der Waals surface area contributed by atoms with E-state index in [2.05, 4.69) is 0 Å². The van der Waals surface area contributed by atoms with Gasteiger partial charge in [0, 0.05) is 24.4 Å². The van der Waals surface area contributed by atoms with Gasteiger partial charge in [0.25, 0.3) is 0 Å². The van der Waals surface area contributed by atoms with Gasteiger partial charge in [-0.15, -0.1) is 12.4 Å². The van der Waals surface area contributed by atoms with E-state index in [-0.39, 0.29) is 53.7 Å². The largest absolute Gasteiger partial charge is 0.504 e. The van der Waals surface area contributed by atoms with Crippen molar-refractivity contribution in [2.24, 2.45) is 5.73 Å². The van der Waals surface area contributed by atoms with Gasteiger partial charge in [0.1, 0.15) is 12.2 Å². The highest BCUT2D eigenvalue weighted by atomic mass is 35.5. The highest BCUT2D eigenvalue weighted by molar-refractivity contribution is 5.85. The molecule has 0 amide bonds. The quantitative estimate of drug-likeness (QED) is 0.274. The van der Waals surface area contributed by atoms with Crippen molar-refractivity contribution in [3.8, 4) is 28.7 Å². The minimum Gasteiger partial charge on any atom is -0.504 e. The molecule has 10 heteroatoms. The van der Waals surface area contributed by atoms with Crippen molar-refractivity contribution in [2.75, 3.05) is 46.2 Å². The fourth-order valence-corrected chi connectivity index (χ4v) is 4.39. The number of ether oxygens (including phenoxy) is 4. The Balaban J connectivity index is 0.00000289. The molecule has 6 N–H and O–H groups in total. The van der Waals surface area contributed by atoms with Crippen LogP contribution in [0.15, 0.2) is 24.3 Å². The second-order valence-electron chi connectivity index (χ2n) is 7.72. The smallest absolute Gasteiger partial charge is 0.200 e. The van der Waals surface area contributed by atoms with Crippen LogP contribution in [-0.4, -0.2) is 72.2 Å². The lowest BCUT2D eigenvalue weighted by Gasteiger charge is -2.40. The van der Waals surface area contributed by atoms with Gasteiger partial charge in [0.2, 0.25) is 5.75 Å². The van der Waals surface area contributed by atoms with Crippen molar-refractivity contribution in [2.45, 2.75) is 17.9 Å². The molecule has 0 aromatic heterocycles. The zero-order valence-corrected chi connectivity index (χ0v) is 18.3. The minimum absolute atomic E-state index is 0. The predicted molar refractivity (Wildman–Crippen MR) is 117 cm³/mol. The van der Waals surface area contributed by atoms with E-state index < -0.39 is 5.60 Å². The van der Waals surface area contributed by atoms with Gasteiger partial charge < -0.3 is 45.1 Å². The zero-order valence-electron chi connectivity index (χ0n) is 17.5. The molecule has 1 aliphatic heterocycles. The Hall–Kier alpha value is -2.43. The van der Waals surface area contributed by atoms with Crippen LogP contribution in [0.25, 0.3) is 0 Å². The van der Waals surface area contributed by atoms with Gasteiger partial charge in [-0.1, -0.05) is 6.07 Å². The van der Waals surface area contributed by atoms with Crippen molar-refractivity contribution in [3.05, 3.63) is 41.0 Å². The van der Waals surface area contributed by atoms with Gasteiger partial charge in [0.15, 0.2) is 23.0 Å². The van der Waals surface area contributed by atoms with Crippen molar-refractivity contribution < 1.29 is 39.4 Å². The maximum Gasteiger partial charge on any atom is 0.200 e. The number of phenols is 4. The van der Waals surface area contributed by atoms with Crippen LogP contribution in [0.3, 0.4) is 0 Å². The van der Waals surface area contributed by atoms with Crippen LogP contribution in [0.1, 0.15) is 22.6 Å². The van der Waals surface area contributed by atoms with Crippen molar-refractivity contribution in [1.82, 2.24) is 0 Å². The molecule has 0 bridgehead atoms. The van der Waals surface area contributed by atoms with E-state index in [9.17, 15) is 20.4 Å². The first-order chi connectivity index (χ1) is 15.0. The highest BCUT2D eigenvalue weighted by Gasteiger charge is 2.53. The van der Waals surface area contributed by atoms with E-state index in [1.165, 1.54) is 18.2 Å². The predicted octanol–water partition coefficient (Wildman–Crippen LogP) is 1.76. The first kappa shape index (κ1) is 24.2. The Morgan fingerprint density at radius 1 is 0.906 bits per heavy atom. The summed E-state index contributed by atoms with van der Waals surface area (Å²) in [7, 11) is 0. The Kier molecular flexibility index (Phi) is 7.58. The molecule has 2 aliphatic rings. The third kappa shape index (κ3) is 4.39. The second kappa shape index (κ2) is 10.0. The molecule has 1 heterocycles. The average Bonchev–Trinajstić information content (AvgIpc) is 3.06. The van der Waals surface area contributed by atoms with Crippen LogP contribution >= 0.6 is 12.4 Å². The summed E-state index contributed by atoms with van der Waals surface area (Å²) in [5, 5.41) is 40.2. The van der Waals surface area contributed by atoms with Gasteiger partial charge in [-0.25, -0.2) is 0 Å². The lowest BCUT2D eigenvalue weighted by Crippen LogP contribution is -2.47. The summed E-state index contributed by atoms with van der Waals surface area (Å²) in [6, 6.07) is 6.12. The van der Waals surface area contributed by atoms with E-state index in [0.29, 0.717) is 51.6 Å². The summed E-state index contributed by atoms with van der Waals surface area (Å²) < 4.78 is 22.9. The van der Waals surface area contributed by atoms with E-state index in [1.807, 2.05) is 0 Å². The van der Waals surface area contributed by atoms with Gasteiger partial charge in [-0.2, -0.15) is 0 Å². The zero-order chi connectivity index (χ0) is 22.0. The molecule has 32 heavy (non-hydrogen) atoms. The lowest BCUT2D eigenvalue weighted by molar-refractivity contribution is -0.102. The number of hydrogen-bond acceptors (Lipinski definition) is 9. The number of halogens is 1. The molecular formula is C22H28ClNO8. The molecule has 9 nitrogen and oxygen atoms in total. The SMILES string of the molecule is Cl.NCCOCCOCCOC12COc3c(ccc(O)c3O)C1c1cc(O)c(O)cc1C2. The van der Waals surface area contributed by atoms with Crippen LogP contribution in [0.2, 0.25) is 0 Å². The number of phenolic OH excluding ortho intramolecular Hbond substituents is 4. The maximum absolute atomic E-state index is 10.3. The standard InChI is InChI=1S/C22H27NO8.ClH/c23-3-4-28-5-6-29-7-8-31-22-11-13-9-17(25)18(26)10-15(13)19(22)14-1-2-16(24)20(27)21(14)30-12-22;/h1-2,9-10,19,24-27H,3-8,11-12,23H2;1H. The summed E-state index contributed by atoms with van der Waals surface area (Å²) in [5.74, 6) is -1.21. The van der Waals surface area contributed by atoms with E-state index >= 15 is 0 Å². The number of benzene rings is 2. The third-order valence-electron chi connectivity index (χ3n) is 5.73. The Bertz CT molecular complexity index is 956. The molecule has 2 atom stereocenters. The number of nitrogens with two attached hydrogens (primary N) is 1. The second-order valence-corrected chi connectivity index (χ2v) is 7.72. The Morgan fingerprint density at radius 2 is 1.59 bits per heavy atom. The summed E-state index contributed by atoms with van der Waals surface area (Å²) in [4.78, 5) is 0. The normalized spacial score (nSPS) is 20.6. The fraction of sp³-hybridized carbons (Fsp3) is 0.455. The monoisotopic (exact) mass is 469 g/mol. The first-order valence-electron chi connectivity index (χ1n) is 10.2. The molecule has 2 aromatic rings. The molecule has 176 valence electrons. The summed E-state index contributed by atoms with van der Waals surface area (Å²) in [5.41, 5.74) is 6.80. The average molecular weight is 470 g/mol. The van der Waals surface area contributed by atoms with Gasteiger partial charge in [0.05, 0.1) is 33.0 Å². The van der Waals surface area contributed by atoms with Crippen molar-refractivity contribution in [1.29, 1.82) is 0 Å². The number of aromatic hydroxyl groups is 4. The van der Waals surface area contributed by atoms with Gasteiger partial charge in [-0.3, -0.25) is 0 Å². The molecule has 1 aliphatic carbocycles. The van der Waals surface area contributed by atoms with Crippen LogP contribution < -0.4 is 10.5 Å². The van der Waals surface area contributed by atoms with Crippen LogP contribution in [0.4, 0.5) is 0 Å². The van der Waals surface area contributed by atoms with E-state index in [0.717, 1.165) is 11.1 Å². The van der Waals surface area contributed by atoms with E-state index in [4.69, 9.17) is 24.7 Å². The van der Waals surface area contributed by atoms with Crippen LogP contribution in [0.5, 0.6) is 28.7 Å². The first-order valence-corrected chi connectivity index (χ1v) is 10.2. The summed E-state index contributed by atoms with van der Waals surface area (Å²) >= 11 is 0. The number of fused-ring (bicyclic) bond motifs is 5. The molecule has 0 spiro atoms. The number of hydrogen-bond donors (Lipinski definition) is 5. The molecule has 4 rings (SSSR count). The summed E-state index contributed by atoms with van der Waals surface area (Å²) in [6.45, 7) is 2.60. The molecular weight excluding hydrogens is 442 g/mol. The highest BCUT2D eigenvalue weighted by Crippen LogP contribution is 2.57. The minimum atomic E-state index is -0.807. The lowest BCUT2D eigenvalue weighted by atomic mass is 9.80. The fourth-order valence-electron chi connectivity index (χ4n) is 4.39. The topological polar surface area (TPSA) is 144 Å². The van der Waals surface area contributed by atoms with Crippen LogP contribution in [0, 0.1) is 0 Å². The summed E-state index contributed by atoms with van der Waals surface area (Å²) in [6.07, 6.45) is 0.446. The molecule has 0 radical (unpaired) electrons. The van der Waals surface area contributed by atoms with E-state index in [1.54, 1.807) is 6.07 Å². The van der Waals surface area contributed by atoms with Crippen molar-refractivity contribution in [3.63, 3.8) is 0 Å². The van der Waals surface area contributed by atoms with Crippen LogP contribution in [-0.2, 0) is 20.6 Å². The molecule has 2 aromatic carbocycles. The van der Waals surface area contributed by atoms with Gasteiger partial charge >= 0.3 is 0 Å². The maximum atomic E-state index is 10.3.